The van der Waals surface area contributed by atoms with E-state index in [9.17, 15) is 0 Å². The van der Waals surface area contributed by atoms with E-state index in [4.69, 9.17) is 9.97 Å². The number of thiophene rings is 1. The molecule has 0 bridgehead atoms. The fourth-order valence-corrected chi connectivity index (χ4v) is 5.40. The molecule has 0 aliphatic heterocycles. The highest BCUT2D eigenvalue weighted by Crippen LogP contribution is 2.39. The van der Waals surface area contributed by atoms with Crippen LogP contribution in [0.15, 0.2) is 30.3 Å². The summed E-state index contributed by atoms with van der Waals surface area (Å²) >= 11 is 1.92. The van der Waals surface area contributed by atoms with Crippen molar-refractivity contribution in [3.8, 4) is 0 Å². The van der Waals surface area contributed by atoms with Crippen LogP contribution in [0, 0.1) is 0 Å². The maximum Gasteiger partial charge on any atom is 0.141 e. The first kappa shape index (κ1) is 18.4. The number of aromatic nitrogens is 2. The van der Waals surface area contributed by atoms with E-state index in [2.05, 4.69) is 49.1 Å². The van der Waals surface area contributed by atoms with Crippen molar-refractivity contribution in [3.05, 3.63) is 52.2 Å². The van der Waals surface area contributed by atoms with Gasteiger partial charge in [-0.1, -0.05) is 36.8 Å². The van der Waals surface area contributed by atoms with E-state index >= 15 is 0 Å². The van der Waals surface area contributed by atoms with Crippen LogP contribution in [0.1, 0.15) is 54.9 Å². The highest BCUT2D eigenvalue weighted by molar-refractivity contribution is 7.19. The number of fused-ring (bicyclic) bond motifs is 3. The maximum atomic E-state index is 5.09. The molecule has 3 nitrogen and oxygen atoms in total. The second-order valence-electron chi connectivity index (χ2n) is 7.37. The van der Waals surface area contributed by atoms with Crippen LogP contribution in [0.4, 0.5) is 5.82 Å². The van der Waals surface area contributed by atoms with Gasteiger partial charge in [0.2, 0.25) is 0 Å². The van der Waals surface area contributed by atoms with Gasteiger partial charge in [0.25, 0.3) is 0 Å². The summed E-state index contributed by atoms with van der Waals surface area (Å²) in [5.74, 6) is 2.16. The van der Waals surface area contributed by atoms with Gasteiger partial charge in [0.15, 0.2) is 0 Å². The lowest BCUT2D eigenvalue weighted by Gasteiger charge is -2.22. The SMILES string of the molecule is CCN(CC)c1nc(CCc2ccccc2)nc2sc3c(c12)CCCCC3. The lowest BCUT2D eigenvalue weighted by Crippen LogP contribution is -2.24. The van der Waals surface area contributed by atoms with Gasteiger partial charge in [0.1, 0.15) is 16.5 Å². The van der Waals surface area contributed by atoms with Crippen molar-refractivity contribution < 1.29 is 0 Å². The lowest BCUT2D eigenvalue weighted by molar-refractivity contribution is 0.713. The van der Waals surface area contributed by atoms with Crippen LogP contribution in [0.5, 0.6) is 0 Å². The zero-order valence-electron chi connectivity index (χ0n) is 16.5. The molecule has 142 valence electrons. The van der Waals surface area contributed by atoms with Gasteiger partial charge in [-0.25, -0.2) is 9.97 Å². The van der Waals surface area contributed by atoms with Crippen LogP contribution in [-0.2, 0) is 25.7 Å². The van der Waals surface area contributed by atoms with Gasteiger partial charge in [-0.05, 0) is 57.1 Å². The average molecular weight is 380 g/mol. The minimum absolute atomic E-state index is 0.900. The van der Waals surface area contributed by atoms with E-state index in [0.29, 0.717) is 0 Å². The fourth-order valence-electron chi connectivity index (χ4n) is 4.12. The molecule has 0 spiro atoms. The Hall–Kier alpha value is -1.94. The van der Waals surface area contributed by atoms with Gasteiger partial charge in [-0.3, -0.25) is 0 Å². The Morgan fingerprint density at radius 2 is 1.70 bits per heavy atom. The molecule has 0 unspecified atom stereocenters. The number of hydrogen-bond donors (Lipinski definition) is 0. The summed E-state index contributed by atoms with van der Waals surface area (Å²) in [6.45, 7) is 6.44. The summed E-state index contributed by atoms with van der Waals surface area (Å²) in [4.78, 5) is 15.3. The normalized spacial score (nSPS) is 14.1. The number of hydrogen-bond acceptors (Lipinski definition) is 4. The van der Waals surface area contributed by atoms with E-state index in [1.165, 1.54) is 53.7 Å². The van der Waals surface area contributed by atoms with Crippen LogP contribution >= 0.6 is 11.3 Å². The highest BCUT2D eigenvalue weighted by Gasteiger charge is 2.22. The Morgan fingerprint density at radius 3 is 2.48 bits per heavy atom. The van der Waals surface area contributed by atoms with Crippen molar-refractivity contribution >= 4 is 27.4 Å². The van der Waals surface area contributed by atoms with E-state index < -0.39 is 0 Å². The number of nitrogens with zero attached hydrogens (tertiary/aromatic N) is 3. The summed E-state index contributed by atoms with van der Waals surface area (Å²) in [5, 5.41) is 1.35. The van der Waals surface area contributed by atoms with Crippen molar-refractivity contribution in [2.24, 2.45) is 0 Å². The molecular formula is C23H29N3S. The Balaban J connectivity index is 1.75. The van der Waals surface area contributed by atoms with Crippen molar-refractivity contribution in [3.63, 3.8) is 0 Å². The zero-order chi connectivity index (χ0) is 18.6. The zero-order valence-corrected chi connectivity index (χ0v) is 17.3. The van der Waals surface area contributed by atoms with Crippen LogP contribution in [0.3, 0.4) is 0 Å². The summed E-state index contributed by atoms with van der Waals surface area (Å²) in [6, 6.07) is 10.7. The van der Waals surface area contributed by atoms with Crippen LogP contribution < -0.4 is 4.90 Å². The second-order valence-corrected chi connectivity index (χ2v) is 8.45. The standard InChI is InChI=1S/C23H29N3S/c1-3-26(4-2)22-21-18-13-9-6-10-14-19(18)27-23(21)25-20(24-22)16-15-17-11-7-5-8-12-17/h5,7-8,11-12H,3-4,6,9-10,13-16H2,1-2H3. The van der Waals surface area contributed by atoms with Crippen LogP contribution in [0.2, 0.25) is 0 Å². The van der Waals surface area contributed by atoms with Gasteiger partial charge < -0.3 is 4.90 Å². The third-order valence-corrected chi connectivity index (χ3v) is 6.82. The molecule has 0 fully saturated rings. The third-order valence-electron chi connectivity index (χ3n) is 5.63. The quantitative estimate of drug-likeness (QED) is 0.523. The van der Waals surface area contributed by atoms with Crippen molar-refractivity contribution in [1.29, 1.82) is 0 Å². The summed E-state index contributed by atoms with van der Waals surface area (Å²) in [7, 11) is 0. The first-order valence-electron chi connectivity index (χ1n) is 10.4. The largest absolute Gasteiger partial charge is 0.357 e. The molecule has 0 N–H and O–H groups in total. The van der Waals surface area contributed by atoms with Gasteiger partial charge >= 0.3 is 0 Å². The van der Waals surface area contributed by atoms with Gasteiger partial charge in [-0.15, -0.1) is 11.3 Å². The summed E-state index contributed by atoms with van der Waals surface area (Å²) in [6.07, 6.45) is 8.26. The molecule has 0 atom stereocenters. The number of rotatable bonds is 6. The van der Waals surface area contributed by atoms with E-state index in [1.54, 1.807) is 10.4 Å². The number of aryl methyl sites for hydroxylation is 4. The molecule has 0 amide bonds. The minimum Gasteiger partial charge on any atom is -0.357 e. The molecule has 2 aromatic heterocycles. The number of anilines is 1. The second kappa shape index (κ2) is 8.39. The Bertz CT molecular complexity index is 897. The molecule has 1 aliphatic carbocycles. The topological polar surface area (TPSA) is 29.0 Å². The molecule has 4 heteroatoms. The molecule has 0 saturated heterocycles. The van der Waals surface area contributed by atoms with Crippen LogP contribution in [0.25, 0.3) is 10.2 Å². The fraction of sp³-hybridized carbons (Fsp3) is 0.478. The van der Waals surface area contributed by atoms with E-state index in [-0.39, 0.29) is 0 Å². The Labute approximate surface area is 166 Å². The molecule has 0 radical (unpaired) electrons. The Kier molecular flexibility index (Phi) is 5.72. The molecule has 3 aromatic rings. The summed E-state index contributed by atoms with van der Waals surface area (Å²) in [5.41, 5.74) is 2.90. The average Bonchev–Trinajstić information content (AvgIpc) is 2.89. The highest BCUT2D eigenvalue weighted by atomic mass is 32.1. The predicted molar refractivity (Wildman–Crippen MR) is 116 cm³/mol. The smallest absolute Gasteiger partial charge is 0.141 e. The lowest BCUT2D eigenvalue weighted by atomic mass is 10.1. The molecule has 1 aliphatic rings. The van der Waals surface area contributed by atoms with Gasteiger partial charge in [0, 0.05) is 24.4 Å². The van der Waals surface area contributed by atoms with Crippen molar-refractivity contribution in [1.82, 2.24) is 9.97 Å². The minimum atomic E-state index is 0.900. The molecule has 2 heterocycles. The molecule has 1 aromatic carbocycles. The molecular weight excluding hydrogens is 350 g/mol. The van der Waals surface area contributed by atoms with E-state index in [1.807, 2.05) is 11.3 Å². The summed E-state index contributed by atoms with van der Waals surface area (Å²) < 4.78 is 0. The molecule has 27 heavy (non-hydrogen) atoms. The van der Waals surface area contributed by atoms with Crippen LogP contribution in [-0.4, -0.2) is 23.1 Å². The predicted octanol–water partition coefficient (Wildman–Crippen LogP) is 5.59. The number of benzene rings is 1. The first-order valence-corrected chi connectivity index (χ1v) is 11.2. The monoisotopic (exact) mass is 379 g/mol. The van der Waals surface area contributed by atoms with Gasteiger partial charge in [-0.2, -0.15) is 0 Å². The molecule has 0 saturated carbocycles. The third kappa shape index (κ3) is 3.86. The van der Waals surface area contributed by atoms with E-state index in [0.717, 1.165) is 31.8 Å². The molecule has 4 rings (SSSR count). The van der Waals surface area contributed by atoms with Gasteiger partial charge in [0.05, 0.1) is 5.39 Å². The maximum absolute atomic E-state index is 5.09. The Morgan fingerprint density at radius 1 is 0.926 bits per heavy atom. The van der Waals surface area contributed by atoms with Crippen molar-refractivity contribution in [2.45, 2.75) is 58.8 Å². The van der Waals surface area contributed by atoms with Crippen molar-refractivity contribution in [2.75, 3.05) is 18.0 Å². The first-order chi connectivity index (χ1) is 13.3.